The number of piperidine rings is 1. The Hall–Kier alpha value is -1.44. The second kappa shape index (κ2) is 7.89. The summed E-state index contributed by atoms with van der Waals surface area (Å²) >= 11 is 1.59. The molecule has 27 heavy (non-hydrogen) atoms. The second-order valence-corrected chi connectivity index (χ2v) is 8.92. The van der Waals surface area contributed by atoms with Crippen LogP contribution in [0.25, 0.3) is 0 Å². The Kier molecular flexibility index (Phi) is 5.53. The first kappa shape index (κ1) is 18.9. The number of rotatable bonds is 4. The van der Waals surface area contributed by atoms with Gasteiger partial charge in [-0.25, -0.2) is 0 Å². The molecule has 4 rings (SSSR count). The molecule has 0 unspecified atom stereocenters. The molecule has 1 aromatic heterocycles. The summed E-state index contributed by atoms with van der Waals surface area (Å²) in [5.41, 5.74) is 0.949. The quantitative estimate of drug-likeness (QED) is 0.853. The first-order chi connectivity index (χ1) is 13.1. The monoisotopic (exact) mass is 391 g/mol. The van der Waals surface area contributed by atoms with Crippen molar-refractivity contribution >= 4 is 23.2 Å². The summed E-state index contributed by atoms with van der Waals surface area (Å²) in [6.45, 7) is 7.72. The molecule has 0 radical (unpaired) electrons. The van der Waals surface area contributed by atoms with Crippen LogP contribution in [-0.4, -0.2) is 67.5 Å². The number of carbonyl (C=O) groups excluding carboxylic acids is 2. The van der Waals surface area contributed by atoms with Gasteiger partial charge in [0.2, 0.25) is 5.91 Å². The lowest BCUT2D eigenvalue weighted by Crippen LogP contribution is -2.47. The van der Waals surface area contributed by atoms with Gasteiger partial charge in [-0.3, -0.25) is 9.59 Å². The van der Waals surface area contributed by atoms with E-state index in [1.165, 1.54) is 23.3 Å². The Bertz CT molecular complexity index is 703. The molecule has 0 aliphatic carbocycles. The zero-order chi connectivity index (χ0) is 18.9. The van der Waals surface area contributed by atoms with Crippen molar-refractivity contribution in [2.45, 2.75) is 44.6 Å². The third-order valence-corrected chi connectivity index (χ3v) is 7.49. The molecule has 148 valence electrons. The lowest BCUT2D eigenvalue weighted by Gasteiger charge is -2.43. The van der Waals surface area contributed by atoms with Crippen LogP contribution in [0.5, 0.6) is 0 Å². The third-order valence-electron chi connectivity index (χ3n) is 6.13. The summed E-state index contributed by atoms with van der Waals surface area (Å²) in [5, 5.41) is 3.08. The van der Waals surface area contributed by atoms with Gasteiger partial charge in [-0.05, 0) is 56.8 Å². The number of ether oxygens (including phenoxy) is 1. The van der Waals surface area contributed by atoms with Crippen molar-refractivity contribution in [2.75, 3.05) is 45.9 Å². The van der Waals surface area contributed by atoms with E-state index in [0.717, 1.165) is 56.9 Å². The highest BCUT2D eigenvalue weighted by atomic mass is 32.1. The number of nitrogens with one attached hydrogen (secondary N) is 1. The van der Waals surface area contributed by atoms with Crippen LogP contribution in [0.4, 0.5) is 0 Å². The molecule has 7 heteroatoms. The highest BCUT2D eigenvalue weighted by Crippen LogP contribution is 2.45. The SMILES string of the molecule is CC(=O)N1CCC2(CC1)OCCc1cc(C(=O)NCCN3CCCC3)sc12. The Labute approximate surface area is 164 Å². The zero-order valence-corrected chi connectivity index (χ0v) is 16.9. The van der Waals surface area contributed by atoms with E-state index in [2.05, 4.69) is 16.3 Å². The predicted molar refractivity (Wildman–Crippen MR) is 105 cm³/mol. The van der Waals surface area contributed by atoms with Crippen LogP contribution < -0.4 is 5.32 Å². The largest absolute Gasteiger partial charge is 0.369 e. The van der Waals surface area contributed by atoms with E-state index in [4.69, 9.17) is 4.74 Å². The molecule has 0 bridgehead atoms. The maximum atomic E-state index is 12.6. The van der Waals surface area contributed by atoms with Gasteiger partial charge in [0.15, 0.2) is 0 Å². The van der Waals surface area contributed by atoms with Gasteiger partial charge in [0.1, 0.15) is 5.60 Å². The smallest absolute Gasteiger partial charge is 0.261 e. The Morgan fingerprint density at radius 2 is 1.96 bits per heavy atom. The zero-order valence-electron chi connectivity index (χ0n) is 16.1. The van der Waals surface area contributed by atoms with E-state index in [1.54, 1.807) is 18.3 Å². The Morgan fingerprint density at radius 1 is 1.22 bits per heavy atom. The van der Waals surface area contributed by atoms with E-state index in [0.29, 0.717) is 13.2 Å². The average Bonchev–Trinajstić information content (AvgIpc) is 3.32. The maximum Gasteiger partial charge on any atom is 0.261 e. The molecule has 1 N–H and O–H groups in total. The van der Waals surface area contributed by atoms with E-state index in [1.807, 2.05) is 4.90 Å². The molecule has 6 nitrogen and oxygen atoms in total. The molecule has 2 amide bonds. The van der Waals surface area contributed by atoms with E-state index >= 15 is 0 Å². The molecule has 4 heterocycles. The standard InChI is InChI=1S/C20H29N3O3S/c1-15(24)23-10-5-20(6-11-23)18-16(4-13-26-20)14-17(27-18)19(25)21-7-12-22-8-2-3-9-22/h14H,2-13H2,1H3,(H,21,25). The van der Waals surface area contributed by atoms with Gasteiger partial charge in [-0.2, -0.15) is 0 Å². The molecular formula is C20H29N3O3S. The summed E-state index contributed by atoms with van der Waals surface area (Å²) in [6, 6.07) is 2.06. The molecule has 3 aliphatic heterocycles. The number of hydrogen-bond acceptors (Lipinski definition) is 5. The predicted octanol–water partition coefficient (Wildman–Crippen LogP) is 1.98. The number of thiophene rings is 1. The first-order valence-electron chi connectivity index (χ1n) is 10.1. The number of amides is 2. The fourth-order valence-electron chi connectivity index (χ4n) is 4.51. The van der Waals surface area contributed by atoms with Crippen LogP contribution in [0.2, 0.25) is 0 Å². The van der Waals surface area contributed by atoms with Gasteiger partial charge >= 0.3 is 0 Å². The topological polar surface area (TPSA) is 61.9 Å². The molecular weight excluding hydrogens is 362 g/mol. The van der Waals surface area contributed by atoms with E-state index < -0.39 is 0 Å². The normalized spacial score (nSPS) is 22.0. The number of nitrogens with zero attached hydrogens (tertiary/aromatic N) is 2. The highest BCUT2D eigenvalue weighted by Gasteiger charge is 2.43. The summed E-state index contributed by atoms with van der Waals surface area (Å²) in [5.74, 6) is 0.162. The van der Waals surface area contributed by atoms with Crippen LogP contribution in [0, 0.1) is 0 Å². The Morgan fingerprint density at radius 3 is 2.67 bits per heavy atom. The fraction of sp³-hybridized carbons (Fsp3) is 0.700. The van der Waals surface area contributed by atoms with Crippen LogP contribution in [-0.2, 0) is 21.6 Å². The van der Waals surface area contributed by atoms with Gasteiger partial charge < -0.3 is 19.9 Å². The van der Waals surface area contributed by atoms with Crippen molar-refractivity contribution < 1.29 is 14.3 Å². The number of hydrogen-bond donors (Lipinski definition) is 1. The average molecular weight is 392 g/mol. The van der Waals surface area contributed by atoms with E-state index in [9.17, 15) is 9.59 Å². The third kappa shape index (κ3) is 3.91. The number of carbonyl (C=O) groups is 2. The minimum absolute atomic E-state index is 0.0323. The fourth-order valence-corrected chi connectivity index (χ4v) is 5.84. The van der Waals surface area contributed by atoms with Gasteiger partial charge in [-0.15, -0.1) is 11.3 Å². The first-order valence-corrected chi connectivity index (χ1v) is 10.9. The molecule has 1 spiro atoms. The van der Waals surface area contributed by atoms with Crippen LogP contribution in [0.15, 0.2) is 6.07 Å². The number of likely N-dealkylation sites (tertiary alicyclic amines) is 2. The summed E-state index contributed by atoms with van der Waals surface area (Å²) in [7, 11) is 0. The van der Waals surface area contributed by atoms with Crippen molar-refractivity contribution in [3.63, 3.8) is 0 Å². The molecule has 0 atom stereocenters. The van der Waals surface area contributed by atoms with E-state index in [-0.39, 0.29) is 17.4 Å². The molecule has 2 fully saturated rings. The van der Waals surface area contributed by atoms with Crippen LogP contribution in [0.1, 0.15) is 52.7 Å². The second-order valence-electron chi connectivity index (χ2n) is 7.87. The lowest BCUT2D eigenvalue weighted by atomic mass is 9.85. The van der Waals surface area contributed by atoms with Crippen molar-refractivity contribution in [2.24, 2.45) is 0 Å². The summed E-state index contributed by atoms with van der Waals surface area (Å²) in [4.78, 5) is 30.6. The van der Waals surface area contributed by atoms with Gasteiger partial charge in [-0.1, -0.05) is 0 Å². The van der Waals surface area contributed by atoms with Gasteiger partial charge in [0, 0.05) is 38.0 Å². The van der Waals surface area contributed by atoms with Gasteiger partial charge in [0.05, 0.1) is 11.5 Å². The summed E-state index contributed by atoms with van der Waals surface area (Å²) in [6.07, 6.45) is 5.04. The van der Waals surface area contributed by atoms with Gasteiger partial charge in [0.25, 0.3) is 5.91 Å². The summed E-state index contributed by atoms with van der Waals surface area (Å²) < 4.78 is 6.24. The minimum atomic E-state index is -0.307. The maximum absolute atomic E-state index is 12.6. The molecule has 0 aromatic carbocycles. The molecule has 0 saturated carbocycles. The van der Waals surface area contributed by atoms with Crippen molar-refractivity contribution in [3.8, 4) is 0 Å². The number of fused-ring (bicyclic) bond motifs is 2. The Balaban J connectivity index is 1.41. The van der Waals surface area contributed by atoms with Crippen LogP contribution in [0.3, 0.4) is 0 Å². The molecule has 3 aliphatic rings. The molecule has 1 aromatic rings. The van der Waals surface area contributed by atoms with Crippen molar-refractivity contribution in [3.05, 3.63) is 21.4 Å². The van der Waals surface area contributed by atoms with Crippen LogP contribution >= 0.6 is 11.3 Å². The van der Waals surface area contributed by atoms with Crippen molar-refractivity contribution in [1.29, 1.82) is 0 Å². The minimum Gasteiger partial charge on any atom is -0.369 e. The lowest BCUT2D eigenvalue weighted by molar-refractivity contribution is -0.138. The van der Waals surface area contributed by atoms with Crippen molar-refractivity contribution in [1.82, 2.24) is 15.1 Å². The highest BCUT2D eigenvalue weighted by molar-refractivity contribution is 7.14. The molecule has 2 saturated heterocycles.